The normalized spacial score (nSPS) is 9.45. The van der Waals surface area contributed by atoms with Crippen LogP contribution in [0.4, 0.5) is 0 Å². The highest BCUT2D eigenvalue weighted by Crippen LogP contribution is 1.90. The van der Waals surface area contributed by atoms with Crippen LogP contribution in [-0.4, -0.2) is 19.8 Å². The van der Waals surface area contributed by atoms with Crippen molar-refractivity contribution in [3.05, 3.63) is 6.61 Å². The molecule has 63 valence electrons. The summed E-state index contributed by atoms with van der Waals surface area (Å²) in [6.45, 7) is 5.63. The van der Waals surface area contributed by atoms with Gasteiger partial charge in [-0.1, -0.05) is 12.8 Å². The summed E-state index contributed by atoms with van der Waals surface area (Å²) in [7, 11) is 0. The summed E-state index contributed by atoms with van der Waals surface area (Å²) in [6, 6.07) is 0. The van der Waals surface area contributed by atoms with Crippen molar-refractivity contribution in [1.29, 1.82) is 0 Å². The Labute approximate surface area is 68.9 Å². The maximum Gasteiger partial charge on any atom is 0.107 e. The van der Waals surface area contributed by atoms with Crippen molar-refractivity contribution in [2.24, 2.45) is 0 Å². The number of hydrogen-bond donors (Lipinski definition) is 0. The standard InChI is InChI=1S/C9H15O2/c1-3-6-10-8-5-9-11-7-4-2/h1,7H,4-6,8-9H2,2H3. The summed E-state index contributed by atoms with van der Waals surface area (Å²) in [6.07, 6.45) is 6.83. The molecule has 0 aromatic rings. The third-order valence-electron chi connectivity index (χ3n) is 1.02. The number of rotatable bonds is 7. The predicted molar refractivity (Wildman–Crippen MR) is 44.8 cm³/mol. The van der Waals surface area contributed by atoms with Crippen molar-refractivity contribution in [2.75, 3.05) is 19.8 Å². The summed E-state index contributed by atoms with van der Waals surface area (Å²) >= 11 is 0. The van der Waals surface area contributed by atoms with Crippen LogP contribution >= 0.6 is 0 Å². The lowest BCUT2D eigenvalue weighted by atomic mass is 10.5. The average molecular weight is 155 g/mol. The molecule has 0 atom stereocenters. The van der Waals surface area contributed by atoms with Crippen LogP contribution in [0, 0.1) is 19.0 Å². The first-order chi connectivity index (χ1) is 5.41. The Bertz CT molecular complexity index is 105. The first kappa shape index (κ1) is 10.5. The molecule has 0 bridgehead atoms. The maximum absolute atomic E-state index is 5.11. The Kier molecular flexibility index (Phi) is 9.03. The molecule has 0 aliphatic rings. The molecular formula is C9H15O2. The third-order valence-corrected chi connectivity index (χ3v) is 1.02. The molecule has 0 aliphatic heterocycles. The van der Waals surface area contributed by atoms with E-state index in [1.807, 2.05) is 6.92 Å². The first-order valence-corrected chi connectivity index (χ1v) is 3.86. The SMILES string of the molecule is C#CCOCCCO[CH]CC. The van der Waals surface area contributed by atoms with Crippen molar-refractivity contribution >= 4 is 0 Å². The van der Waals surface area contributed by atoms with Gasteiger partial charge in [-0.2, -0.15) is 0 Å². The molecule has 11 heavy (non-hydrogen) atoms. The molecule has 2 heteroatoms. The molecule has 1 radical (unpaired) electrons. The first-order valence-electron chi connectivity index (χ1n) is 3.86. The van der Waals surface area contributed by atoms with Gasteiger partial charge in [0.05, 0.1) is 13.2 Å². The Morgan fingerprint density at radius 2 is 2.27 bits per heavy atom. The lowest BCUT2D eigenvalue weighted by Crippen LogP contribution is -1.99. The molecule has 0 spiro atoms. The average Bonchev–Trinajstić information content (AvgIpc) is 2.03. The molecule has 0 rings (SSSR count). The van der Waals surface area contributed by atoms with E-state index in [4.69, 9.17) is 15.9 Å². The Morgan fingerprint density at radius 1 is 1.45 bits per heavy atom. The smallest absolute Gasteiger partial charge is 0.107 e. The van der Waals surface area contributed by atoms with E-state index >= 15 is 0 Å². The van der Waals surface area contributed by atoms with Crippen LogP contribution in [0.2, 0.25) is 0 Å². The summed E-state index contributed by atoms with van der Waals surface area (Å²) < 4.78 is 10.1. The highest BCUT2D eigenvalue weighted by atomic mass is 16.5. The van der Waals surface area contributed by atoms with E-state index < -0.39 is 0 Å². The third kappa shape index (κ3) is 9.48. The van der Waals surface area contributed by atoms with Gasteiger partial charge in [0.1, 0.15) is 6.61 Å². The van der Waals surface area contributed by atoms with Crippen molar-refractivity contribution in [3.8, 4) is 12.3 Å². The Hall–Kier alpha value is -0.520. The largest absolute Gasteiger partial charge is 0.375 e. The van der Waals surface area contributed by atoms with Crippen molar-refractivity contribution in [1.82, 2.24) is 0 Å². The van der Waals surface area contributed by atoms with E-state index in [1.165, 1.54) is 0 Å². The highest BCUT2D eigenvalue weighted by Gasteiger charge is 1.87. The van der Waals surface area contributed by atoms with E-state index in [0.717, 1.165) is 19.4 Å². The van der Waals surface area contributed by atoms with Crippen molar-refractivity contribution < 1.29 is 9.47 Å². The fourth-order valence-corrected chi connectivity index (χ4v) is 0.577. The molecule has 2 nitrogen and oxygen atoms in total. The summed E-state index contributed by atoms with van der Waals surface area (Å²) in [5.74, 6) is 2.40. The summed E-state index contributed by atoms with van der Waals surface area (Å²) in [5, 5.41) is 0. The van der Waals surface area contributed by atoms with Gasteiger partial charge in [-0.15, -0.1) is 6.42 Å². The number of ether oxygens (including phenoxy) is 2. The van der Waals surface area contributed by atoms with Crippen LogP contribution < -0.4 is 0 Å². The maximum atomic E-state index is 5.11. The molecule has 0 aromatic heterocycles. The van der Waals surface area contributed by atoms with E-state index in [-0.39, 0.29) is 0 Å². The van der Waals surface area contributed by atoms with Gasteiger partial charge in [-0.3, -0.25) is 0 Å². The topological polar surface area (TPSA) is 18.5 Å². The minimum Gasteiger partial charge on any atom is -0.375 e. The predicted octanol–water partition coefficient (Wildman–Crippen LogP) is 1.61. The number of hydrogen-bond acceptors (Lipinski definition) is 2. The quantitative estimate of drug-likeness (QED) is 0.411. The minimum absolute atomic E-state index is 0.400. The second kappa shape index (κ2) is 9.48. The van der Waals surface area contributed by atoms with E-state index in [1.54, 1.807) is 6.61 Å². The molecule has 0 saturated heterocycles. The molecule has 0 heterocycles. The second-order valence-electron chi connectivity index (χ2n) is 2.06. The molecule has 0 aromatic carbocycles. The van der Waals surface area contributed by atoms with E-state index in [0.29, 0.717) is 13.2 Å². The van der Waals surface area contributed by atoms with Gasteiger partial charge in [0.25, 0.3) is 0 Å². The van der Waals surface area contributed by atoms with Crippen molar-refractivity contribution in [2.45, 2.75) is 19.8 Å². The van der Waals surface area contributed by atoms with Gasteiger partial charge in [0.2, 0.25) is 0 Å². The van der Waals surface area contributed by atoms with Gasteiger partial charge in [0, 0.05) is 6.61 Å². The number of terminal acetylenes is 1. The van der Waals surface area contributed by atoms with Gasteiger partial charge in [0.15, 0.2) is 0 Å². The Morgan fingerprint density at radius 3 is 2.91 bits per heavy atom. The summed E-state index contributed by atoms with van der Waals surface area (Å²) in [5.41, 5.74) is 0. The molecule has 0 unspecified atom stereocenters. The zero-order valence-electron chi connectivity index (χ0n) is 7.01. The summed E-state index contributed by atoms with van der Waals surface area (Å²) in [4.78, 5) is 0. The van der Waals surface area contributed by atoms with Gasteiger partial charge >= 0.3 is 0 Å². The van der Waals surface area contributed by atoms with Crippen LogP contribution in [0.25, 0.3) is 0 Å². The van der Waals surface area contributed by atoms with Crippen LogP contribution in [-0.2, 0) is 9.47 Å². The molecule has 0 amide bonds. The van der Waals surface area contributed by atoms with Gasteiger partial charge < -0.3 is 9.47 Å². The van der Waals surface area contributed by atoms with Crippen molar-refractivity contribution in [3.63, 3.8) is 0 Å². The van der Waals surface area contributed by atoms with Crippen LogP contribution in [0.3, 0.4) is 0 Å². The van der Waals surface area contributed by atoms with Gasteiger partial charge in [-0.25, -0.2) is 0 Å². The fourth-order valence-electron chi connectivity index (χ4n) is 0.577. The lowest BCUT2D eigenvalue weighted by molar-refractivity contribution is 0.122. The zero-order valence-corrected chi connectivity index (χ0v) is 7.01. The monoisotopic (exact) mass is 155 g/mol. The highest BCUT2D eigenvalue weighted by molar-refractivity contribution is 4.82. The minimum atomic E-state index is 0.400. The fraction of sp³-hybridized carbons (Fsp3) is 0.667. The van der Waals surface area contributed by atoms with Crippen LogP contribution in [0.15, 0.2) is 0 Å². The van der Waals surface area contributed by atoms with E-state index in [2.05, 4.69) is 5.92 Å². The molecule has 0 aliphatic carbocycles. The van der Waals surface area contributed by atoms with E-state index in [9.17, 15) is 0 Å². The Balaban J connectivity index is 2.75. The van der Waals surface area contributed by atoms with Crippen LogP contribution in [0.1, 0.15) is 19.8 Å². The van der Waals surface area contributed by atoms with Crippen LogP contribution in [0.5, 0.6) is 0 Å². The zero-order chi connectivity index (χ0) is 8.36. The second-order valence-corrected chi connectivity index (χ2v) is 2.06. The molecule has 0 saturated carbocycles. The molecular weight excluding hydrogens is 140 g/mol. The lowest BCUT2D eigenvalue weighted by Gasteiger charge is -2.00. The van der Waals surface area contributed by atoms with Gasteiger partial charge in [-0.05, 0) is 12.8 Å². The molecule has 0 N–H and O–H groups in total. The molecule has 0 fully saturated rings.